The average Bonchev–Trinajstić information content (AvgIpc) is 3.48. The molecule has 1 aromatic carbocycles. The fourth-order valence-electron chi connectivity index (χ4n) is 4.97. The number of thiophene rings is 1. The van der Waals surface area contributed by atoms with Gasteiger partial charge in [-0.15, -0.1) is 11.3 Å². The summed E-state index contributed by atoms with van der Waals surface area (Å²) in [6.07, 6.45) is 6.18. The van der Waals surface area contributed by atoms with Crippen molar-refractivity contribution in [3.63, 3.8) is 0 Å². The van der Waals surface area contributed by atoms with Gasteiger partial charge >= 0.3 is 0 Å². The molecule has 3 aromatic rings. The number of aryl methyl sites for hydroxylation is 3. The van der Waals surface area contributed by atoms with E-state index in [1.54, 1.807) is 11.3 Å². The number of fused-ring (bicyclic) bond motifs is 2. The van der Waals surface area contributed by atoms with E-state index in [0.717, 1.165) is 55.9 Å². The van der Waals surface area contributed by atoms with Gasteiger partial charge in [-0.25, -0.2) is 9.97 Å². The second-order valence-electron chi connectivity index (χ2n) is 8.85. The number of hydrogen-bond acceptors (Lipinski definition) is 5. The lowest BCUT2D eigenvalue weighted by Crippen LogP contribution is -2.42. The highest BCUT2D eigenvalue weighted by Crippen LogP contribution is 2.30. The zero-order valence-corrected chi connectivity index (χ0v) is 19.2. The standard InChI is InChI=1S/C25H30N4OS/c1-3-21(23-8-5-13-31-23)27-24(30)17-9-11-29(12-10-17)25-26-16(2)20-14-18-6-4-7-19(18)15-22(20)28-25/h5,8,13-15,17,21H,3-4,6-7,9-12H2,1-2H3,(H,27,30)/t21-/m0/s1. The zero-order valence-electron chi connectivity index (χ0n) is 18.4. The average molecular weight is 435 g/mol. The predicted molar refractivity (Wildman–Crippen MR) is 127 cm³/mol. The topological polar surface area (TPSA) is 58.1 Å². The van der Waals surface area contributed by atoms with Crippen molar-refractivity contribution in [2.24, 2.45) is 5.92 Å². The molecule has 1 saturated heterocycles. The van der Waals surface area contributed by atoms with Gasteiger partial charge in [0.1, 0.15) is 0 Å². The van der Waals surface area contributed by atoms with Crippen LogP contribution in [0.15, 0.2) is 29.6 Å². The highest BCUT2D eigenvalue weighted by molar-refractivity contribution is 7.10. The molecular weight excluding hydrogens is 404 g/mol. The van der Waals surface area contributed by atoms with Gasteiger partial charge in [0.05, 0.1) is 17.3 Å². The molecule has 162 valence electrons. The summed E-state index contributed by atoms with van der Waals surface area (Å²) in [4.78, 5) is 26.1. The van der Waals surface area contributed by atoms with E-state index in [0.29, 0.717) is 0 Å². The third-order valence-corrected chi connectivity index (χ3v) is 7.83. The van der Waals surface area contributed by atoms with Gasteiger partial charge < -0.3 is 10.2 Å². The maximum Gasteiger partial charge on any atom is 0.226 e. The Morgan fingerprint density at radius 2 is 2.00 bits per heavy atom. The van der Waals surface area contributed by atoms with Gasteiger partial charge in [-0.1, -0.05) is 13.0 Å². The SMILES string of the molecule is CC[C@H](NC(=O)C1CCN(c2nc(C)c3cc4c(cc3n2)CCC4)CC1)c1cccs1. The van der Waals surface area contributed by atoms with Crippen LogP contribution in [0.5, 0.6) is 0 Å². The summed E-state index contributed by atoms with van der Waals surface area (Å²) in [6.45, 7) is 5.86. The van der Waals surface area contributed by atoms with Crippen molar-refractivity contribution in [2.45, 2.75) is 58.4 Å². The van der Waals surface area contributed by atoms with Crippen molar-refractivity contribution in [1.82, 2.24) is 15.3 Å². The summed E-state index contributed by atoms with van der Waals surface area (Å²) in [5, 5.41) is 6.52. The minimum Gasteiger partial charge on any atom is -0.348 e. The van der Waals surface area contributed by atoms with E-state index in [1.807, 2.05) is 6.07 Å². The largest absolute Gasteiger partial charge is 0.348 e. The first kappa shape index (κ1) is 20.4. The van der Waals surface area contributed by atoms with E-state index in [-0.39, 0.29) is 17.9 Å². The van der Waals surface area contributed by atoms with E-state index in [9.17, 15) is 4.79 Å². The lowest BCUT2D eigenvalue weighted by atomic mass is 9.95. The summed E-state index contributed by atoms with van der Waals surface area (Å²) >= 11 is 1.71. The number of amides is 1. The Labute approximate surface area is 187 Å². The molecule has 1 fully saturated rings. The van der Waals surface area contributed by atoms with Crippen molar-refractivity contribution in [2.75, 3.05) is 18.0 Å². The van der Waals surface area contributed by atoms with Gasteiger partial charge in [0, 0.05) is 29.3 Å². The molecule has 0 spiro atoms. The second-order valence-corrected chi connectivity index (χ2v) is 9.83. The van der Waals surface area contributed by atoms with Gasteiger partial charge in [0.15, 0.2) is 0 Å². The molecule has 2 aromatic heterocycles. The van der Waals surface area contributed by atoms with Crippen molar-refractivity contribution < 1.29 is 4.79 Å². The summed E-state index contributed by atoms with van der Waals surface area (Å²) < 4.78 is 0. The molecule has 3 heterocycles. The molecule has 1 aliphatic carbocycles. The second kappa shape index (κ2) is 8.58. The number of benzene rings is 1. The van der Waals surface area contributed by atoms with Gasteiger partial charge in [0.25, 0.3) is 0 Å². The van der Waals surface area contributed by atoms with Gasteiger partial charge in [-0.2, -0.15) is 0 Å². The summed E-state index contributed by atoms with van der Waals surface area (Å²) in [5.74, 6) is 1.06. The fourth-order valence-corrected chi connectivity index (χ4v) is 5.83. The normalized spacial score (nSPS) is 17.7. The third kappa shape index (κ3) is 4.05. The molecule has 31 heavy (non-hydrogen) atoms. The number of piperidine rings is 1. The van der Waals surface area contributed by atoms with Crippen LogP contribution in [0, 0.1) is 12.8 Å². The maximum atomic E-state index is 12.9. The zero-order chi connectivity index (χ0) is 21.4. The Kier molecular flexibility index (Phi) is 5.65. The molecule has 0 radical (unpaired) electrons. The number of anilines is 1. The molecule has 1 amide bonds. The van der Waals surface area contributed by atoms with Crippen LogP contribution in [-0.2, 0) is 17.6 Å². The Bertz CT molecular complexity index is 1090. The molecule has 1 aliphatic heterocycles. The van der Waals surface area contributed by atoms with Crippen molar-refractivity contribution in [3.8, 4) is 0 Å². The lowest BCUT2D eigenvalue weighted by molar-refractivity contribution is -0.126. The molecule has 5 nitrogen and oxygen atoms in total. The number of carbonyl (C=O) groups is 1. The minimum absolute atomic E-state index is 0.0649. The molecular formula is C25H30N4OS. The highest BCUT2D eigenvalue weighted by atomic mass is 32.1. The molecule has 2 aliphatic rings. The summed E-state index contributed by atoms with van der Waals surface area (Å²) in [7, 11) is 0. The molecule has 0 saturated carbocycles. The molecule has 5 rings (SSSR count). The number of carbonyl (C=O) groups excluding carboxylic acids is 1. The van der Waals surface area contributed by atoms with Crippen LogP contribution in [0.4, 0.5) is 5.95 Å². The summed E-state index contributed by atoms with van der Waals surface area (Å²) in [5.41, 5.74) is 5.02. The monoisotopic (exact) mass is 434 g/mol. The molecule has 1 N–H and O–H groups in total. The quantitative estimate of drug-likeness (QED) is 0.616. The van der Waals surface area contributed by atoms with E-state index in [2.05, 4.69) is 47.6 Å². The van der Waals surface area contributed by atoms with E-state index >= 15 is 0 Å². The van der Waals surface area contributed by atoms with Crippen LogP contribution in [0.2, 0.25) is 0 Å². The molecule has 1 atom stereocenters. The fraction of sp³-hybridized carbons (Fsp3) is 0.480. The van der Waals surface area contributed by atoms with Gasteiger partial charge in [-0.3, -0.25) is 4.79 Å². The van der Waals surface area contributed by atoms with Gasteiger partial charge in [0.2, 0.25) is 11.9 Å². The number of nitrogens with zero attached hydrogens (tertiary/aromatic N) is 3. The van der Waals surface area contributed by atoms with Crippen molar-refractivity contribution in [3.05, 3.63) is 51.3 Å². The first-order valence-electron chi connectivity index (χ1n) is 11.5. The van der Waals surface area contributed by atoms with Crippen LogP contribution >= 0.6 is 11.3 Å². The Balaban J connectivity index is 1.26. The van der Waals surface area contributed by atoms with E-state index < -0.39 is 0 Å². The molecule has 0 bridgehead atoms. The Morgan fingerprint density at radius 3 is 2.71 bits per heavy atom. The van der Waals surface area contributed by atoms with E-state index in [4.69, 9.17) is 9.97 Å². The smallest absolute Gasteiger partial charge is 0.226 e. The van der Waals surface area contributed by atoms with Gasteiger partial charge in [-0.05, 0) is 80.2 Å². The number of nitrogens with one attached hydrogen (secondary N) is 1. The molecule has 6 heteroatoms. The number of aromatic nitrogens is 2. The first-order valence-corrected chi connectivity index (χ1v) is 12.4. The Hall–Kier alpha value is -2.47. The van der Waals surface area contributed by atoms with E-state index in [1.165, 1.54) is 34.2 Å². The number of hydrogen-bond donors (Lipinski definition) is 1. The Morgan fingerprint density at radius 1 is 1.23 bits per heavy atom. The van der Waals surface area contributed by atoms with Crippen LogP contribution < -0.4 is 10.2 Å². The maximum absolute atomic E-state index is 12.9. The molecule has 0 unspecified atom stereocenters. The van der Waals surface area contributed by atoms with Crippen LogP contribution in [-0.4, -0.2) is 29.0 Å². The summed E-state index contributed by atoms with van der Waals surface area (Å²) in [6, 6.07) is 8.85. The number of rotatable bonds is 5. The van der Waals surface area contributed by atoms with Crippen molar-refractivity contribution >= 4 is 34.1 Å². The highest BCUT2D eigenvalue weighted by Gasteiger charge is 2.28. The van der Waals surface area contributed by atoms with Crippen LogP contribution in [0.25, 0.3) is 10.9 Å². The first-order chi connectivity index (χ1) is 15.1. The minimum atomic E-state index is 0.0649. The van der Waals surface area contributed by atoms with Crippen LogP contribution in [0.3, 0.4) is 0 Å². The lowest BCUT2D eigenvalue weighted by Gasteiger charge is -2.32. The third-order valence-electron chi connectivity index (χ3n) is 6.85. The predicted octanol–water partition coefficient (Wildman–Crippen LogP) is 4.97. The van der Waals surface area contributed by atoms with Crippen molar-refractivity contribution in [1.29, 1.82) is 0 Å². The van der Waals surface area contributed by atoms with Crippen LogP contribution in [0.1, 0.15) is 60.3 Å².